The lowest BCUT2D eigenvalue weighted by Gasteiger charge is -1.94. The van der Waals surface area contributed by atoms with Crippen molar-refractivity contribution in [3.63, 3.8) is 0 Å². The second-order valence-corrected chi connectivity index (χ2v) is 1.44. The Balaban J connectivity index is 2.94. The fourth-order valence-electron chi connectivity index (χ4n) is 0.463. The second kappa shape index (κ2) is 2.44. The van der Waals surface area contributed by atoms with E-state index < -0.39 is 5.95 Å². The molecular weight excluding hydrogens is 121 g/mol. The molecule has 0 aliphatic carbocycles. The van der Waals surface area contributed by atoms with E-state index in [-0.39, 0.29) is 0 Å². The lowest BCUT2D eigenvalue weighted by molar-refractivity contribution is 0.408. The highest BCUT2D eigenvalue weighted by Gasteiger charge is 1.92. The number of rotatable bonds is 1. The Hall–Kier alpha value is -1.12. The van der Waals surface area contributed by atoms with Gasteiger partial charge in [-0.1, -0.05) is 0 Å². The highest BCUT2D eigenvalue weighted by molar-refractivity contribution is 5.15. The largest absolute Gasteiger partial charge is 0.496 e. The van der Waals surface area contributed by atoms with Crippen molar-refractivity contribution in [2.45, 2.75) is 0 Å². The van der Waals surface area contributed by atoms with Crippen LogP contribution in [0, 0.1) is 12.0 Å². The average molecular weight is 126 g/mol. The minimum Gasteiger partial charge on any atom is -0.496 e. The molecule has 0 N–H and O–H groups in total. The summed E-state index contributed by atoms with van der Waals surface area (Å²) in [6.07, 6.45) is 1.23. The number of halogens is 1. The Morgan fingerprint density at radius 3 is 3.00 bits per heavy atom. The predicted molar refractivity (Wildman–Crippen MR) is 29.6 cm³/mol. The smallest absolute Gasteiger partial charge is 0.216 e. The Labute approximate surface area is 52.3 Å². The molecular formula is C6H5FNO. The van der Waals surface area contributed by atoms with Gasteiger partial charge in [0.1, 0.15) is 5.75 Å². The van der Waals surface area contributed by atoms with E-state index in [0.29, 0.717) is 5.75 Å². The van der Waals surface area contributed by atoms with Gasteiger partial charge in [-0.3, -0.25) is 0 Å². The predicted octanol–water partition coefficient (Wildman–Crippen LogP) is 1.03. The van der Waals surface area contributed by atoms with Gasteiger partial charge in [0, 0.05) is 18.3 Å². The number of hydrogen-bond donors (Lipinski definition) is 0. The topological polar surface area (TPSA) is 22.1 Å². The van der Waals surface area contributed by atoms with E-state index in [1.165, 1.54) is 19.4 Å². The molecule has 1 aromatic heterocycles. The van der Waals surface area contributed by atoms with E-state index in [4.69, 9.17) is 0 Å². The third-order valence-corrected chi connectivity index (χ3v) is 0.865. The molecule has 0 aliphatic heterocycles. The highest BCUT2D eigenvalue weighted by Crippen LogP contribution is 2.06. The fourth-order valence-corrected chi connectivity index (χ4v) is 0.463. The maximum absolute atomic E-state index is 12.1. The zero-order valence-corrected chi connectivity index (χ0v) is 4.89. The lowest BCUT2D eigenvalue weighted by Crippen LogP contribution is -1.85. The first-order valence-electron chi connectivity index (χ1n) is 2.40. The molecule has 47 valence electrons. The van der Waals surface area contributed by atoms with Gasteiger partial charge in [0.25, 0.3) is 0 Å². The van der Waals surface area contributed by atoms with E-state index in [0.717, 1.165) is 0 Å². The van der Waals surface area contributed by atoms with Crippen molar-refractivity contribution in [2.75, 3.05) is 7.11 Å². The zero-order chi connectivity index (χ0) is 6.69. The summed E-state index contributed by atoms with van der Waals surface area (Å²) in [7, 11) is 1.45. The third-order valence-electron chi connectivity index (χ3n) is 0.865. The van der Waals surface area contributed by atoms with Gasteiger partial charge in [-0.2, -0.15) is 4.39 Å². The minimum absolute atomic E-state index is 0.363. The molecule has 1 rings (SSSR count). The minimum atomic E-state index is -0.550. The summed E-state index contributed by atoms with van der Waals surface area (Å²) in [4.78, 5) is 3.29. The molecule has 0 aromatic carbocycles. The van der Waals surface area contributed by atoms with Crippen molar-refractivity contribution in [1.82, 2.24) is 4.98 Å². The number of methoxy groups -OCH3 is 1. The lowest BCUT2D eigenvalue weighted by atomic mass is 10.4. The molecule has 0 atom stereocenters. The van der Waals surface area contributed by atoms with Crippen LogP contribution >= 0.6 is 0 Å². The molecule has 2 nitrogen and oxygen atoms in total. The van der Waals surface area contributed by atoms with E-state index in [1.807, 2.05) is 0 Å². The molecule has 9 heavy (non-hydrogen) atoms. The first kappa shape index (κ1) is 6.01. The molecule has 0 aliphatic rings. The molecule has 1 heterocycles. The van der Waals surface area contributed by atoms with Crippen LogP contribution in [0.1, 0.15) is 0 Å². The van der Waals surface area contributed by atoms with Gasteiger partial charge in [-0.15, -0.1) is 0 Å². The van der Waals surface area contributed by atoms with Crippen LogP contribution < -0.4 is 4.74 Å². The summed E-state index contributed by atoms with van der Waals surface area (Å²) in [6, 6.07) is 3.75. The van der Waals surface area contributed by atoms with Gasteiger partial charge in [0.05, 0.1) is 7.11 Å². The highest BCUT2D eigenvalue weighted by atomic mass is 19.1. The number of nitrogens with zero attached hydrogens (tertiary/aromatic N) is 1. The van der Waals surface area contributed by atoms with Crippen LogP contribution in [-0.4, -0.2) is 12.1 Å². The average Bonchev–Trinajstić information content (AvgIpc) is 1.88. The van der Waals surface area contributed by atoms with Crippen molar-refractivity contribution in [1.29, 1.82) is 0 Å². The molecule has 0 saturated carbocycles. The fraction of sp³-hybridized carbons (Fsp3) is 0.167. The van der Waals surface area contributed by atoms with E-state index in [9.17, 15) is 4.39 Å². The Morgan fingerprint density at radius 2 is 2.56 bits per heavy atom. The van der Waals surface area contributed by atoms with Gasteiger partial charge >= 0.3 is 0 Å². The molecule has 0 bridgehead atoms. The van der Waals surface area contributed by atoms with Crippen LogP contribution in [0.4, 0.5) is 4.39 Å². The molecule has 0 unspecified atom stereocenters. The van der Waals surface area contributed by atoms with Crippen molar-refractivity contribution < 1.29 is 9.13 Å². The number of ether oxygens (including phenoxy) is 1. The molecule has 0 spiro atoms. The number of hydrogen-bond acceptors (Lipinski definition) is 2. The molecule has 0 amide bonds. The van der Waals surface area contributed by atoms with Crippen LogP contribution in [0.15, 0.2) is 12.3 Å². The van der Waals surface area contributed by atoms with Crippen LogP contribution in [-0.2, 0) is 0 Å². The maximum Gasteiger partial charge on any atom is 0.216 e. The van der Waals surface area contributed by atoms with Gasteiger partial charge in [-0.25, -0.2) is 4.98 Å². The molecule has 1 aromatic rings. The quantitative estimate of drug-likeness (QED) is 0.524. The summed E-state index contributed by atoms with van der Waals surface area (Å²) in [5, 5.41) is 0. The summed E-state index contributed by atoms with van der Waals surface area (Å²) in [5.74, 6) is -0.187. The normalized spacial score (nSPS) is 9.11. The Morgan fingerprint density at radius 1 is 1.78 bits per heavy atom. The van der Waals surface area contributed by atoms with Gasteiger partial charge in [-0.05, 0) is 0 Å². The maximum atomic E-state index is 12.1. The zero-order valence-electron chi connectivity index (χ0n) is 4.89. The first-order valence-corrected chi connectivity index (χ1v) is 2.40. The standard InChI is InChI=1S/C6H5FNO/c1-9-5-2-3-8-6(7)4-5/h3-4H,1H3. The molecule has 1 radical (unpaired) electrons. The van der Waals surface area contributed by atoms with Crippen LogP contribution in [0.3, 0.4) is 0 Å². The van der Waals surface area contributed by atoms with E-state index >= 15 is 0 Å². The molecule has 0 saturated heterocycles. The van der Waals surface area contributed by atoms with Crippen LogP contribution in [0.25, 0.3) is 0 Å². The van der Waals surface area contributed by atoms with Gasteiger partial charge < -0.3 is 4.74 Å². The second-order valence-electron chi connectivity index (χ2n) is 1.44. The van der Waals surface area contributed by atoms with Crippen molar-refractivity contribution in [3.05, 3.63) is 24.3 Å². The van der Waals surface area contributed by atoms with Crippen LogP contribution in [0.2, 0.25) is 0 Å². The van der Waals surface area contributed by atoms with Crippen molar-refractivity contribution >= 4 is 0 Å². The first-order chi connectivity index (χ1) is 4.33. The van der Waals surface area contributed by atoms with E-state index in [2.05, 4.69) is 15.8 Å². The number of pyridine rings is 1. The summed E-state index contributed by atoms with van der Waals surface area (Å²) in [6.45, 7) is 0. The monoisotopic (exact) mass is 126 g/mol. The van der Waals surface area contributed by atoms with Crippen molar-refractivity contribution in [3.8, 4) is 5.75 Å². The Kier molecular flexibility index (Phi) is 1.63. The molecule has 3 heteroatoms. The van der Waals surface area contributed by atoms with E-state index in [1.54, 1.807) is 0 Å². The van der Waals surface area contributed by atoms with Crippen molar-refractivity contribution in [2.24, 2.45) is 0 Å². The number of aromatic nitrogens is 1. The van der Waals surface area contributed by atoms with Crippen LogP contribution in [0.5, 0.6) is 5.75 Å². The summed E-state index contributed by atoms with van der Waals surface area (Å²) in [5.41, 5.74) is 0. The molecule has 0 fully saturated rings. The summed E-state index contributed by atoms with van der Waals surface area (Å²) >= 11 is 0. The summed E-state index contributed by atoms with van der Waals surface area (Å²) < 4.78 is 16.8. The Bertz CT molecular complexity index is 202. The van der Waals surface area contributed by atoms with Gasteiger partial charge in [0.2, 0.25) is 5.95 Å². The SMILES string of the molecule is COc1[c]cnc(F)c1. The van der Waals surface area contributed by atoms with Gasteiger partial charge in [0.15, 0.2) is 0 Å². The third kappa shape index (κ3) is 1.38.